The molecular formula is C19H29N3O4. The molecular weight excluding hydrogens is 334 g/mol. The Morgan fingerprint density at radius 1 is 1.46 bits per heavy atom. The molecule has 0 bridgehead atoms. The van der Waals surface area contributed by atoms with Gasteiger partial charge in [-0.1, -0.05) is 11.6 Å². The predicted molar refractivity (Wildman–Crippen MR) is 99.1 cm³/mol. The van der Waals surface area contributed by atoms with E-state index in [1.807, 2.05) is 32.9 Å². The van der Waals surface area contributed by atoms with E-state index in [0.29, 0.717) is 32.1 Å². The van der Waals surface area contributed by atoms with Gasteiger partial charge in [0.1, 0.15) is 0 Å². The molecule has 2 rings (SSSR count). The van der Waals surface area contributed by atoms with Crippen LogP contribution in [0.1, 0.15) is 38.1 Å². The summed E-state index contributed by atoms with van der Waals surface area (Å²) in [5, 5.41) is 2.98. The largest absolute Gasteiger partial charge is 0.379 e. The minimum Gasteiger partial charge on any atom is -0.379 e. The number of ether oxygens (including phenoxy) is 2. The summed E-state index contributed by atoms with van der Waals surface area (Å²) in [7, 11) is 0. The summed E-state index contributed by atoms with van der Waals surface area (Å²) < 4.78 is 12.9. The third-order valence-electron chi connectivity index (χ3n) is 4.35. The highest BCUT2D eigenvalue weighted by Gasteiger charge is 2.27. The highest BCUT2D eigenvalue weighted by atomic mass is 16.5. The summed E-state index contributed by atoms with van der Waals surface area (Å²) in [6.45, 7) is 9.59. The van der Waals surface area contributed by atoms with Crippen molar-refractivity contribution in [2.75, 3.05) is 19.8 Å². The van der Waals surface area contributed by atoms with Crippen LogP contribution >= 0.6 is 0 Å². The molecule has 7 nitrogen and oxygen atoms in total. The minimum absolute atomic E-state index is 0.0613. The highest BCUT2D eigenvalue weighted by molar-refractivity contribution is 5.76. The average molecular weight is 363 g/mol. The molecule has 0 aliphatic carbocycles. The Labute approximate surface area is 154 Å². The van der Waals surface area contributed by atoms with E-state index in [1.165, 1.54) is 10.1 Å². The van der Waals surface area contributed by atoms with Crippen molar-refractivity contribution in [2.45, 2.75) is 59.2 Å². The number of aromatic nitrogens is 2. The molecule has 7 heteroatoms. The third kappa shape index (κ3) is 6.07. The molecule has 0 saturated carbocycles. The summed E-state index contributed by atoms with van der Waals surface area (Å²) in [5.74, 6) is -0.122. The van der Waals surface area contributed by atoms with Gasteiger partial charge >= 0.3 is 5.69 Å². The number of carbonyl (C=O) groups is 1. The van der Waals surface area contributed by atoms with E-state index in [0.717, 1.165) is 12.1 Å². The van der Waals surface area contributed by atoms with Crippen molar-refractivity contribution >= 4 is 5.91 Å². The zero-order chi connectivity index (χ0) is 19.1. The first-order chi connectivity index (χ1) is 12.4. The maximum absolute atomic E-state index is 12.3. The Balaban J connectivity index is 1.89. The first-order valence-corrected chi connectivity index (χ1v) is 9.04. The fourth-order valence-corrected chi connectivity index (χ4v) is 2.93. The van der Waals surface area contributed by atoms with Gasteiger partial charge in [0.25, 0.3) is 0 Å². The van der Waals surface area contributed by atoms with Gasteiger partial charge in [-0.2, -0.15) is 4.98 Å². The molecule has 26 heavy (non-hydrogen) atoms. The van der Waals surface area contributed by atoms with E-state index in [-0.39, 0.29) is 30.2 Å². The lowest BCUT2D eigenvalue weighted by Gasteiger charge is -2.32. The molecule has 1 aromatic rings. The number of allylic oxidation sites excluding steroid dienone is 1. The van der Waals surface area contributed by atoms with Crippen LogP contribution in [0.5, 0.6) is 0 Å². The van der Waals surface area contributed by atoms with Crippen LogP contribution in [0.3, 0.4) is 0 Å². The lowest BCUT2D eigenvalue weighted by Crippen LogP contribution is -2.50. The Bertz CT molecular complexity index is 707. The molecule has 1 aliphatic rings. The van der Waals surface area contributed by atoms with Gasteiger partial charge in [-0.25, -0.2) is 4.79 Å². The summed E-state index contributed by atoms with van der Waals surface area (Å²) in [6.07, 6.45) is 2.92. The molecule has 0 radical (unpaired) electrons. The average Bonchev–Trinajstić information content (AvgIpc) is 2.55. The smallest absolute Gasteiger partial charge is 0.347 e. The molecule has 2 unspecified atom stereocenters. The molecule has 1 aliphatic heterocycles. The number of carbonyl (C=O) groups excluding carboxylic acids is 1. The van der Waals surface area contributed by atoms with Crippen LogP contribution in [0.4, 0.5) is 0 Å². The van der Waals surface area contributed by atoms with Crippen molar-refractivity contribution in [1.29, 1.82) is 0 Å². The number of hydrogen-bond donors (Lipinski definition) is 1. The maximum Gasteiger partial charge on any atom is 0.347 e. The summed E-state index contributed by atoms with van der Waals surface area (Å²) in [4.78, 5) is 28.2. The number of nitrogens with one attached hydrogen (secondary N) is 1. The van der Waals surface area contributed by atoms with Crippen LogP contribution in [-0.2, 0) is 20.8 Å². The van der Waals surface area contributed by atoms with Crippen molar-refractivity contribution in [3.05, 3.63) is 39.6 Å². The number of rotatable bonds is 7. The van der Waals surface area contributed by atoms with Gasteiger partial charge < -0.3 is 14.8 Å². The lowest BCUT2D eigenvalue weighted by molar-refractivity contribution is -0.126. The van der Waals surface area contributed by atoms with Crippen molar-refractivity contribution in [3.63, 3.8) is 0 Å². The van der Waals surface area contributed by atoms with Crippen LogP contribution in [-0.4, -0.2) is 47.4 Å². The van der Waals surface area contributed by atoms with Crippen molar-refractivity contribution in [3.8, 4) is 0 Å². The summed E-state index contributed by atoms with van der Waals surface area (Å²) in [5.41, 5.74) is 2.37. The Hall–Kier alpha value is -1.99. The summed E-state index contributed by atoms with van der Waals surface area (Å²) in [6, 6.07) is 1.66. The standard InChI is InChI=1S/C19H29N3O4/c1-13(2)6-10-26-17-7-9-25-12-16(17)21-18(23)5-8-22-15(4)11-14(3)20-19(22)24/h6,11,16-17H,5,7-10,12H2,1-4H3,(H,21,23). The number of aryl methyl sites for hydroxylation is 2. The molecule has 1 aromatic heterocycles. The number of hydrogen-bond acceptors (Lipinski definition) is 5. The van der Waals surface area contributed by atoms with E-state index in [4.69, 9.17) is 9.47 Å². The molecule has 2 atom stereocenters. The lowest BCUT2D eigenvalue weighted by atomic mass is 10.1. The van der Waals surface area contributed by atoms with Crippen molar-refractivity contribution < 1.29 is 14.3 Å². The molecule has 0 spiro atoms. The van der Waals surface area contributed by atoms with E-state index < -0.39 is 0 Å². The van der Waals surface area contributed by atoms with Gasteiger partial charge in [-0.05, 0) is 40.2 Å². The second-order valence-electron chi connectivity index (χ2n) is 6.91. The zero-order valence-electron chi connectivity index (χ0n) is 16.1. The Morgan fingerprint density at radius 2 is 2.23 bits per heavy atom. The fraction of sp³-hybridized carbons (Fsp3) is 0.632. The van der Waals surface area contributed by atoms with Crippen LogP contribution in [0.2, 0.25) is 0 Å². The van der Waals surface area contributed by atoms with Gasteiger partial charge in [0.05, 0.1) is 25.4 Å². The monoisotopic (exact) mass is 363 g/mol. The van der Waals surface area contributed by atoms with E-state index in [9.17, 15) is 9.59 Å². The Morgan fingerprint density at radius 3 is 2.92 bits per heavy atom. The van der Waals surface area contributed by atoms with E-state index in [1.54, 1.807) is 6.92 Å². The molecule has 144 valence electrons. The minimum atomic E-state index is -0.320. The highest BCUT2D eigenvalue weighted by Crippen LogP contribution is 2.13. The first kappa shape index (κ1) is 20.3. The zero-order valence-corrected chi connectivity index (χ0v) is 16.1. The van der Waals surface area contributed by atoms with Crippen molar-refractivity contribution in [2.24, 2.45) is 0 Å². The van der Waals surface area contributed by atoms with Crippen LogP contribution in [0, 0.1) is 13.8 Å². The molecule has 1 N–H and O–H groups in total. The molecule has 0 aromatic carbocycles. The van der Waals surface area contributed by atoms with E-state index >= 15 is 0 Å². The van der Waals surface area contributed by atoms with Crippen LogP contribution < -0.4 is 11.0 Å². The maximum atomic E-state index is 12.3. The second-order valence-corrected chi connectivity index (χ2v) is 6.91. The SMILES string of the molecule is CC(C)=CCOC1CCOCC1NC(=O)CCn1c(C)cc(C)nc1=O. The van der Waals surface area contributed by atoms with Gasteiger partial charge in [-0.3, -0.25) is 9.36 Å². The van der Waals surface area contributed by atoms with Gasteiger partial charge in [0.2, 0.25) is 5.91 Å². The van der Waals surface area contributed by atoms with E-state index in [2.05, 4.69) is 10.3 Å². The topological polar surface area (TPSA) is 82.4 Å². The van der Waals surface area contributed by atoms with Gasteiger partial charge in [0.15, 0.2) is 0 Å². The molecule has 1 fully saturated rings. The fourth-order valence-electron chi connectivity index (χ4n) is 2.93. The van der Waals surface area contributed by atoms with Crippen LogP contribution in [0.25, 0.3) is 0 Å². The quantitative estimate of drug-likeness (QED) is 0.743. The molecule has 1 saturated heterocycles. The summed E-state index contributed by atoms with van der Waals surface area (Å²) >= 11 is 0. The second kappa shape index (κ2) is 9.64. The van der Waals surface area contributed by atoms with Crippen molar-refractivity contribution in [1.82, 2.24) is 14.9 Å². The number of amides is 1. The van der Waals surface area contributed by atoms with Gasteiger partial charge in [-0.15, -0.1) is 0 Å². The molecule has 2 heterocycles. The Kier molecular flexibility index (Phi) is 7.53. The normalized spacial score (nSPS) is 19.8. The van der Waals surface area contributed by atoms with Crippen LogP contribution in [0.15, 0.2) is 22.5 Å². The first-order valence-electron chi connectivity index (χ1n) is 9.04. The predicted octanol–water partition coefficient (Wildman–Crippen LogP) is 1.51. The van der Waals surface area contributed by atoms with Gasteiger partial charge in [0, 0.05) is 31.0 Å². The third-order valence-corrected chi connectivity index (χ3v) is 4.35. The number of nitrogens with zero attached hydrogens (tertiary/aromatic N) is 2. The molecule has 1 amide bonds.